The highest BCUT2D eigenvalue weighted by Gasteiger charge is 2.28. The Morgan fingerprint density at radius 3 is 2.96 bits per heavy atom. The molecule has 126 valence electrons. The lowest BCUT2D eigenvalue weighted by Gasteiger charge is -2.17. The Morgan fingerprint density at radius 2 is 2.17 bits per heavy atom. The van der Waals surface area contributed by atoms with Crippen LogP contribution in [0.5, 0.6) is 0 Å². The monoisotopic (exact) mass is 381 g/mol. The highest BCUT2D eigenvalue weighted by atomic mass is 79.9. The first-order chi connectivity index (χ1) is 11.0. The van der Waals surface area contributed by atoms with Crippen molar-refractivity contribution >= 4 is 26.2 Å². The lowest BCUT2D eigenvalue weighted by Crippen LogP contribution is -2.25. The van der Waals surface area contributed by atoms with E-state index in [4.69, 9.17) is 9.15 Å². The maximum atomic E-state index is 12.6. The van der Waals surface area contributed by atoms with E-state index in [-0.39, 0.29) is 11.7 Å². The van der Waals surface area contributed by atoms with Crippen LogP contribution in [-0.4, -0.2) is 37.0 Å². The second-order valence-corrected chi connectivity index (χ2v) is 7.60. The molecule has 1 aromatic rings. The van der Waals surface area contributed by atoms with Gasteiger partial charge < -0.3 is 9.15 Å². The van der Waals surface area contributed by atoms with E-state index < -0.39 is 0 Å². The molecule has 1 aromatic heterocycles. The molecular formula is C18H24BrNO3. The zero-order valence-electron chi connectivity index (χ0n) is 13.8. The average molecular weight is 382 g/mol. The summed E-state index contributed by atoms with van der Waals surface area (Å²) in [5, 5.41) is 0. The Labute approximate surface area is 146 Å². The maximum absolute atomic E-state index is 12.6. The van der Waals surface area contributed by atoms with Crippen molar-refractivity contribution in [2.75, 3.05) is 26.3 Å². The van der Waals surface area contributed by atoms with Crippen molar-refractivity contribution in [3.63, 3.8) is 0 Å². The Balaban J connectivity index is 1.81. The highest BCUT2D eigenvalue weighted by Crippen LogP contribution is 2.36. The van der Waals surface area contributed by atoms with Crippen molar-refractivity contribution in [3.05, 3.63) is 29.2 Å². The second-order valence-electron chi connectivity index (χ2n) is 6.75. The molecule has 2 heterocycles. The topological polar surface area (TPSA) is 42.7 Å². The maximum Gasteiger partial charge on any atom is 0.167 e. The van der Waals surface area contributed by atoms with E-state index >= 15 is 0 Å². The van der Waals surface area contributed by atoms with Crippen molar-refractivity contribution in [2.24, 2.45) is 11.8 Å². The first kappa shape index (κ1) is 16.9. The fourth-order valence-electron chi connectivity index (χ4n) is 3.16. The van der Waals surface area contributed by atoms with Gasteiger partial charge in [-0.15, -0.1) is 0 Å². The fraction of sp³-hybridized carbons (Fsp3) is 0.611. The summed E-state index contributed by atoms with van der Waals surface area (Å²) in [6.45, 7) is 8.53. The normalized spacial score (nSPS) is 23.4. The summed E-state index contributed by atoms with van der Waals surface area (Å²) in [5.74, 6) is 2.43. The molecule has 1 unspecified atom stereocenters. The molecule has 5 heteroatoms. The lowest BCUT2D eigenvalue weighted by atomic mass is 9.90. The quantitative estimate of drug-likeness (QED) is 0.790. The van der Waals surface area contributed by atoms with Gasteiger partial charge in [-0.2, -0.15) is 0 Å². The molecule has 0 amide bonds. The van der Waals surface area contributed by atoms with Crippen molar-refractivity contribution in [1.29, 1.82) is 0 Å². The number of rotatable bonds is 3. The van der Waals surface area contributed by atoms with E-state index in [1.165, 1.54) is 0 Å². The van der Waals surface area contributed by atoms with Gasteiger partial charge in [0, 0.05) is 26.1 Å². The minimum atomic E-state index is 0.179. The van der Waals surface area contributed by atoms with Crippen LogP contribution in [0.2, 0.25) is 0 Å². The van der Waals surface area contributed by atoms with Crippen molar-refractivity contribution in [3.8, 4) is 0 Å². The smallest absolute Gasteiger partial charge is 0.167 e. The fourth-order valence-corrected chi connectivity index (χ4v) is 3.79. The molecule has 0 radical (unpaired) electrons. The van der Waals surface area contributed by atoms with E-state index in [2.05, 4.69) is 40.8 Å². The van der Waals surface area contributed by atoms with Gasteiger partial charge in [0.15, 0.2) is 11.5 Å². The van der Waals surface area contributed by atoms with Gasteiger partial charge >= 0.3 is 0 Å². The Morgan fingerprint density at radius 1 is 1.35 bits per heavy atom. The van der Waals surface area contributed by atoms with Gasteiger partial charge in [-0.25, -0.2) is 0 Å². The van der Waals surface area contributed by atoms with Gasteiger partial charge in [-0.1, -0.05) is 19.9 Å². The minimum Gasteiger partial charge on any atom is -0.458 e. The lowest BCUT2D eigenvalue weighted by molar-refractivity contribution is 0.0961. The first-order valence-corrected chi connectivity index (χ1v) is 9.17. The van der Waals surface area contributed by atoms with E-state index in [0.717, 1.165) is 55.1 Å². The molecule has 2 aliphatic rings. The van der Waals surface area contributed by atoms with Crippen LogP contribution in [0.3, 0.4) is 0 Å². The molecule has 1 saturated heterocycles. The van der Waals surface area contributed by atoms with Crippen LogP contribution in [0.25, 0.3) is 4.48 Å². The van der Waals surface area contributed by atoms with Gasteiger partial charge in [0.25, 0.3) is 0 Å². The van der Waals surface area contributed by atoms with Gasteiger partial charge in [0.05, 0.1) is 23.2 Å². The summed E-state index contributed by atoms with van der Waals surface area (Å²) in [4.78, 5) is 14.9. The first-order valence-electron chi connectivity index (χ1n) is 8.38. The van der Waals surface area contributed by atoms with Gasteiger partial charge in [0.1, 0.15) is 5.76 Å². The van der Waals surface area contributed by atoms with Crippen molar-refractivity contribution in [1.82, 2.24) is 4.90 Å². The molecule has 1 fully saturated rings. The van der Waals surface area contributed by atoms with Crippen LogP contribution < -0.4 is 0 Å². The number of ether oxygens (including phenoxy) is 1. The zero-order valence-corrected chi connectivity index (χ0v) is 15.4. The molecule has 0 aromatic carbocycles. The third-order valence-electron chi connectivity index (χ3n) is 4.63. The van der Waals surface area contributed by atoms with Crippen LogP contribution >= 0.6 is 15.9 Å². The highest BCUT2D eigenvalue weighted by molar-refractivity contribution is 9.15. The predicted octanol–water partition coefficient (Wildman–Crippen LogP) is 4.10. The van der Waals surface area contributed by atoms with E-state index in [1.807, 2.05) is 6.07 Å². The van der Waals surface area contributed by atoms with Crippen LogP contribution in [0.4, 0.5) is 0 Å². The van der Waals surface area contributed by atoms with Crippen LogP contribution in [0.15, 0.2) is 16.6 Å². The summed E-state index contributed by atoms with van der Waals surface area (Å²) in [6, 6.07) is 1.93. The van der Waals surface area contributed by atoms with Gasteiger partial charge in [0.2, 0.25) is 0 Å². The number of Topliss-reactive ketones (excluding diaryl/α,β-unsaturated/α-hetero) is 1. The molecule has 23 heavy (non-hydrogen) atoms. The minimum absolute atomic E-state index is 0.179. The molecule has 3 rings (SSSR count). The molecule has 1 atom stereocenters. The predicted molar refractivity (Wildman–Crippen MR) is 93.6 cm³/mol. The Kier molecular flexibility index (Phi) is 5.39. The SMILES string of the molecule is CC(C)C1C=C(Br)c2oc(CN3CCCOCC3)cc2C(=O)C1. The molecule has 0 saturated carbocycles. The molecular weight excluding hydrogens is 358 g/mol. The second kappa shape index (κ2) is 7.32. The Hall–Kier alpha value is -0.910. The third-order valence-corrected chi connectivity index (χ3v) is 5.26. The summed E-state index contributed by atoms with van der Waals surface area (Å²) in [5.41, 5.74) is 0.720. The summed E-state index contributed by atoms with van der Waals surface area (Å²) in [7, 11) is 0. The Bertz CT molecular complexity index is 597. The van der Waals surface area contributed by atoms with Crippen molar-refractivity contribution in [2.45, 2.75) is 33.2 Å². The number of fused-ring (bicyclic) bond motifs is 1. The van der Waals surface area contributed by atoms with Crippen LogP contribution in [-0.2, 0) is 11.3 Å². The number of allylic oxidation sites excluding steroid dienone is 1. The summed E-state index contributed by atoms with van der Waals surface area (Å²) in [6.07, 6.45) is 3.72. The third kappa shape index (κ3) is 3.95. The number of carbonyl (C=O) groups is 1. The number of carbonyl (C=O) groups excluding carboxylic acids is 1. The molecule has 1 aliphatic heterocycles. The zero-order chi connectivity index (χ0) is 16.4. The molecule has 0 spiro atoms. The average Bonchev–Trinajstić information content (AvgIpc) is 2.69. The molecule has 1 aliphatic carbocycles. The largest absolute Gasteiger partial charge is 0.458 e. The van der Waals surface area contributed by atoms with Crippen LogP contribution in [0, 0.1) is 11.8 Å². The van der Waals surface area contributed by atoms with E-state index in [9.17, 15) is 4.79 Å². The van der Waals surface area contributed by atoms with E-state index in [0.29, 0.717) is 18.1 Å². The standard InChI is InChI=1S/C18H24BrNO3/c1-12(2)13-8-16(19)18-15(17(21)9-13)10-14(23-18)11-20-4-3-6-22-7-5-20/h8,10,12-13H,3-7,9,11H2,1-2H3. The molecule has 0 bridgehead atoms. The summed E-state index contributed by atoms with van der Waals surface area (Å²) >= 11 is 3.61. The van der Waals surface area contributed by atoms with E-state index in [1.54, 1.807) is 0 Å². The van der Waals surface area contributed by atoms with Crippen molar-refractivity contribution < 1.29 is 13.9 Å². The number of halogens is 1. The molecule has 0 N–H and O–H groups in total. The van der Waals surface area contributed by atoms with Crippen LogP contribution in [0.1, 0.15) is 48.6 Å². The van der Waals surface area contributed by atoms with Gasteiger partial charge in [-0.3, -0.25) is 9.69 Å². The molecule has 4 nitrogen and oxygen atoms in total. The van der Waals surface area contributed by atoms with Gasteiger partial charge in [-0.05, 0) is 40.3 Å². The number of hydrogen-bond acceptors (Lipinski definition) is 4. The number of ketones is 1. The number of hydrogen-bond donors (Lipinski definition) is 0. The number of nitrogens with zero attached hydrogens (tertiary/aromatic N) is 1. The number of furan rings is 1. The summed E-state index contributed by atoms with van der Waals surface area (Å²) < 4.78 is 12.4.